The second-order valence-corrected chi connectivity index (χ2v) is 3.85. The average Bonchev–Trinajstić information content (AvgIpc) is 2.94. The normalized spacial score (nSPS) is 14.2. The van der Waals surface area contributed by atoms with Crippen LogP contribution in [0.3, 0.4) is 0 Å². The second-order valence-electron chi connectivity index (χ2n) is 3.85. The van der Waals surface area contributed by atoms with E-state index in [1.54, 1.807) is 12.4 Å². The lowest BCUT2D eigenvalue weighted by atomic mass is 10.1. The smallest absolute Gasteiger partial charge is 0.216 e. The minimum atomic E-state index is 0.696. The molecule has 1 aromatic heterocycles. The predicted molar refractivity (Wildman–Crippen MR) is 67.0 cm³/mol. The summed E-state index contributed by atoms with van der Waals surface area (Å²) in [7, 11) is 0. The monoisotopic (exact) mass is 224 g/mol. The summed E-state index contributed by atoms with van der Waals surface area (Å²) in [6.45, 7) is 1.46. The van der Waals surface area contributed by atoms with Crippen LogP contribution < -0.4 is 0 Å². The molecule has 3 nitrogen and oxygen atoms in total. The van der Waals surface area contributed by atoms with E-state index in [0.717, 1.165) is 18.0 Å². The zero-order valence-corrected chi connectivity index (χ0v) is 9.34. The van der Waals surface area contributed by atoms with Crippen LogP contribution in [-0.2, 0) is 4.74 Å². The molecule has 0 radical (unpaired) electrons. The summed E-state index contributed by atoms with van der Waals surface area (Å²) in [6, 6.07) is 12.2. The Morgan fingerprint density at radius 1 is 0.824 bits per heavy atom. The molecule has 84 valence electrons. The van der Waals surface area contributed by atoms with Gasteiger partial charge in [0.25, 0.3) is 0 Å². The summed E-state index contributed by atoms with van der Waals surface area (Å²) in [5, 5.41) is 0. The third kappa shape index (κ3) is 2.04. The Balaban J connectivity index is 1.90. The van der Waals surface area contributed by atoms with Crippen LogP contribution in [0.15, 0.2) is 53.8 Å². The topological polar surface area (TPSA) is 34.5 Å². The van der Waals surface area contributed by atoms with E-state index in [4.69, 9.17) is 4.74 Å². The van der Waals surface area contributed by atoms with Gasteiger partial charge in [-0.25, -0.2) is 4.99 Å². The fraction of sp³-hybridized carbons (Fsp3) is 0.143. The second kappa shape index (κ2) is 4.37. The molecule has 1 aliphatic heterocycles. The molecule has 0 aliphatic carbocycles. The molecule has 2 aromatic rings. The lowest BCUT2D eigenvalue weighted by Gasteiger charge is -2.04. The summed E-state index contributed by atoms with van der Waals surface area (Å²) in [6.07, 6.45) is 3.60. The van der Waals surface area contributed by atoms with Crippen molar-refractivity contribution < 1.29 is 4.74 Å². The zero-order chi connectivity index (χ0) is 11.5. The number of aromatic nitrogens is 1. The SMILES string of the molecule is c1cc(-c2ccc(C3=NCCO3)cc2)ccn1. The summed E-state index contributed by atoms with van der Waals surface area (Å²) in [5.74, 6) is 0.756. The number of rotatable bonds is 2. The molecule has 3 heteroatoms. The van der Waals surface area contributed by atoms with Crippen molar-refractivity contribution >= 4 is 5.90 Å². The first kappa shape index (κ1) is 10.0. The van der Waals surface area contributed by atoms with Crippen LogP contribution in [0.1, 0.15) is 5.56 Å². The molecule has 0 atom stereocenters. The maximum atomic E-state index is 5.42. The fourth-order valence-electron chi connectivity index (χ4n) is 1.86. The van der Waals surface area contributed by atoms with Gasteiger partial charge in [0, 0.05) is 18.0 Å². The van der Waals surface area contributed by atoms with Crippen LogP contribution in [0.4, 0.5) is 0 Å². The summed E-state index contributed by atoms with van der Waals surface area (Å²) >= 11 is 0. The molecule has 3 rings (SSSR count). The van der Waals surface area contributed by atoms with Crippen molar-refractivity contribution in [3.05, 3.63) is 54.4 Å². The predicted octanol–water partition coefficient (Wildman–Crippen LogP) is 2.53. The van der Waals surface area contributed by atoms with E-state index in [1.165, 1.54) is 11.1 Å². The first-order chi connectivity index (χ1) is 8.43. The highest BCUT2D eigenvalue weighted by atomic mass is 16.5. The van der Waals surface area contributed by atoms with Crippen LogP contribution in [0.25, 0.3) is 11.1 Å². The molecule has 0 bridgehead atoms. The zero-order valence-electron chi connectivity index (χ0n) is 9.34. The van der Waals surface area contributed by atoms with E-state index in [-0.39, 0.29) is 0 Å². The molecular formula is C14H12N2O. The van der Waals surface area contributed by atoms with Gasteiger partial charge >= 0.3 is 0 Å². The van der Waals surface area contributed by atoms with E-state index >= 15 is 0 Å². The van der Waals surface area contributed by atoms with Crippen LogP contribution in [0, 0.1) is 0 Å². The average molecular weight is 224 g/mol. The van der Waals surface area contributed by atoms with Gasteiger partial charge in [0.1, 0.15) is 6.61 Å². The molecule has 0 saturated heterocycles. The molecule has 0 spiro atoms. The van der Waals surface area contributed by atoms with Crippen molar-refractivity contribution in [1.82, 2.24) is 4.98 Å². The number of hydrogen-bond donors (Lipinski definition) is 0. The van der Waals surface area contributed by atoms with Crippen LogP contribution in [0.2, 0.25) is 0 Å². The van der Waals surface area contributed by atoms with Gasteiger partial charge in [0.2, 0.25) is 5.90 Å². The molecule has 0 unspecified atom stereocenters. The van der Waals surface area contributed by atoms with Crippen molar-refractivity contribution in [2.75, 3.05) is 13.2 Å². The van der Waals surface area contributed by atoms with E-state index in [0.29, 0.717) is 6.61 Å². The highest BCUT2D eigenvalue weighted by molar-refractivity contribution is 5.95. The number of ether oxygens (including phenoxy) is 1. The van der Waals surface area contributed by atoms with Gasteiger partial charge in [-0.3, -0.25) is 4.98 Å². The first-order valence-electron chi connectivity index (χ1n) is 5.61. The number of pyridine rings is 1. The van der Waals surface area contributed by atoms with Crippen LogP contribution in [-0.4, -0.2) is 24.0 Å². The van der Waals surface area contributed by atoms with Gasteiger partial charge in [0.05, 0.1) is 6.54 Å². The van der Waals surface area contributed by atoms with Gasteiger partial charge < -0.3 is 4.74 Å². The van der Waals surface area contributed by atoms with Crippen molar-refractivity contribution in [3.8, 4) is 11.1 Å². The van der Waals surface area contributed by atoms with Gasteiger partial charge in [0.15, 0.2) is 0 Å². The van der Waals surface area contributed by atoms with Gasteiger partial charge in [-0.05, 0) is 35.4 Å². The van der Waals surface area contributed by atoms with Gasteiger partial charge in [-0.15, -0.1) is 0 Å². The quantitative estimate of drug-likeness (QED) is 0.785. The standard InChI is InChI=1S/C14H12N2O/c1-3-13(14-16-9-10-17-14)4-2-11(1)12-5-7-15-8-6-12/h1-8H,9-10H2. The summed E-state index contributed by atoms with van der Waals surface area (Å²) in [5.41, 5.74) is 3.39. The minimum Gasteiger partial charge on any atom is -0.476 e. The van der Waals surface area contributed by atoms with E-state index < -0.39 is 0 Å². The maximum absolute atomic E-state index is 5.42. The third-order valence-electron chi connectivity index (χ3n) is 2.73. The lowest BCUT2D eigenvalue weighted by molar-refractivity contribution is 0.348. The highest BCUT2D eigenvalue weighted by Crippen LogP contribution is 2.19. The number of hydrogen-bond acceptors (Lipinski definition) is 3. The van der Waals surface area contributed by atoms with Crippen LogP contribution in [0.5, 0.6) is 0 Å². The number of aliphatic imine (C=N–C) groups is 1. The molecule has 0 fully saturated rings. The number of nitrogens with zero attached hydrogens (tertiary/aromatic N) is 2. The highest BCUT2D eigenvalue weighted by Gasteiger charge is 2.09. The lowest BCUT2D eigenvalue weighted by Crippen LogP contribution is -2.00. The van der Waals surface area contributed by atoms with Crippen molar-refractivity contribution in [2.45, 2.75) is 0 Å². The molecule has 0 N–H and O–H groups in total. The molecule has 0 amide bonds. The summed E-state index contributed by atoms with van der Waals surface area (Å²) < 4.78 is 5.42. The van der Waals surface area contributed by atoms with Crippen LogP contribution >= 0.6 is 0 Å². The van der Waals surface area contributed by atoms with E-state index in [9.17, 15) is 0 Å². The Hall–Kier alpha value is -2.16. The van der Waals surface area contributed by atoms with E-state index in [1.807, 2.05) is 24.3 Å². The van der Waals surface area contributed by atoms with E-state index in [2.05, 4.69) is 22.1 Å². The Morgan fingerprint density at radius 3 is 2.12 bits per heavy atom. The molecule has 1 aliphatic rings. The van der Waals surface area contributed by atoms with Crippen molar-refractivity contribution in [2.24, 2.45) is 4.99 Å². The third-order valence-corrected chi connectivity index (χ3v) is 2.73. The largest absolute Gasteiger partial charge is 0.476 e. The summed E-state index contributed by atoms with van der Waals surface area (Å²) in [4.78, 5) is 8.31. The van der Waals surface area contributed by atoms with Gasteiger partial charge in [-0.1, -0.05) is 12.1 Å². The minimum absolute atomic E-state index is 0.696. The Bertz CT molecular complexity index is 532. The fourth-order valence-corrected chi connectivity index (χ4v) is 1.86. The van der Waals surface area contributed by atoms with Gasteiger partial charge in [-0.2, -0.15) is 0 Å². The van der Waals surface area contributed by atoms with Crippen molar-refractivity contribution in [1.29, 1.82) is 0 Å². The molecular weight excluding hydrogens is 212 g/mol. The maximum Gasteiger partial charge on any atom is 0.216 e. The van der Waals surface area contributed by atoms with Crippen molar-refractivity contribution in [3.63, 3.8) is 0 Å². The Kier molecular flexibility index (Phi) is 2.58. The Morgan fingerprint density at radius 2 is 1.47 bits per heavy atom. The molecule has 2 heterocycles. The molecule has 0 saturated carbocycles. The molecule has 17 heavy (non-hydrogen) atoms. The molecule has 1 aromatic carbocycles. The number of benzene rings is 1. The first-order valence-corrected chi connectivity index (χ1v) is 5.61. The Labute approximate surface area is 99.8 Å².